The van der Waals surface area contributed by atoms with Crippen molar-refractivity contribution >= 4 is 17.5 Å². The summed E-state index contributed by atoms with van der Waals surface area (Å²) in [4.78, 5) is 14.1. The maximum absolute atomic E-state index is 12.3. The van der Waals surface area contributed by atoms with Crippen LogP contribution < -0.4 is 4.74 Å². The lowest BCUT2D eigenvalue weighted by molar-refractivity contribution is -0.134. The second-order valence-electron chi connectivity index (χ2n) is 5.45. The number of aliphatic hydroxyl groups excluding tert-OH is 1. The molecule has 116 valence electrons. The fourth-order valence-electron chi connectivity index (χ4n) is 2.73. The Morgan fingerprint density at radius 2 is 2.33 bits per heavy atom. The molecule has 1 N–H and O–H groups in total. The highest BCUT2D eigenvalue weighted by molar-refractivity contribution is 6.31. The van der Waals surface area contributed by atoms with Crippen LogP contribution in [0.5, 0.6) is 5.75 Å². The number of halogens is 1. The van der Waals surface area contributed by atoms with Gasteiger partial charge in [-0.2, -0.15) is 0 Å². The topological polar surface area (TPSA) is 49.8 Å². The second kappa shape index (κ2) is 7.66. The molecule has 1 fully saturated rings. The number of rotatable bonds is 6. The first-order chi connectivity index (χ1) is 10.1. The molecule has 1 saturated heterocycles. The molecule has 0 saturated carbocycles. The molecule has 0 radical (unpaired) electrons. The normalized spacial score (nSPS) is 18.0. The van der Waals surface area contributed by atoms with Gasteiger partial charge in [0.2, 0.25) is 0 Å². The van der Waals surface area contributed by atoms with E-state index in [2.05, 4.69) is 0 Å². The van der Waals surface area contributed by atoms with Gasteiger partial charge in [0.05, 0.1) is 0 Å². The molecule has 4 nitrogen and oxygen atoms in total. The highest BCUT2D eigenvalue weighted by Gasteiger charge is 2.28. The van der Waals surface area contributed by atoms with Crippen molar-refractivity contribution in [2.75, 3.05) is 19.8 Å². The van der Waals surface area contributed by atoms with Crippen LogP contribution in [0.1, 0.15) is 31.2 Å². The summed E-state index contributed by atoms with van der Waals surface area (Å²) in [5, 5.41) is 9.60. The Labute approximate surface area is 130 Å². The Morgan fingerprint density at radius 1 is 1.52 bits per heavy atom. The fraction of sp³-hybridized carbons (Fsp3) is 0.562. The highest BCUT2D eigenvalue weighted by atomic mass is 35.5. The van der Waals surface area contributed by atoms with Crippen LogP contribution in [0.4, 0.5) is 0 Å². The molecule has 1 aliphatic rings. The number of aliphatic hydroxyl groups is 1. The second-order valence-corrected chi connectivity index (χ2v) is 5.86. The van der Waals surface area contributed by atoms with Gasteiger partial charge in [-0.1, -0.05) is 11.6 Å². The maximum Gasteiger partial charge on any atom is 0.260 e. The summed E-state index contributed by atoms with van der Waals surface area (Å²) in [5.41, 5.74) is 0.934. The Kier molecular flexibility index (Phi) is 5.88. The lowest BCUT2D eigenvalue weighted by atomic mass is 10.1. The molecule has 0 bridgehead atoms. The van der Waals surface area contributed by atoms with Crippen LogP contribution in [0.3, 0.4) is 0 Å². The van der Waals surface area contributed by atoms with E-state index in [1.807, 2.05) is 17.9 Å². The van der Waals surface area contributed by atoms with E-state index < -0.39 is 0 Å². The van der Waals surface area contributed by atoms with Gasteiger partial charge in [0, 0.05) is 24.2 Å². The minimum atomic E-state index is 0.0167. The van der Waals surface area contributed by atoms with Crippen molar-refractivity contribution in [3.05, 3.63) is 28.8 Å². The SMILES string of the molecule is Cc1cc(OCC(=O)N2CCCC2CCCO)ccc1Cl. The number of aryl methyl sites for hydroxylation is 1. The molecule has 2 rings (SSSR count). The zero-order chi connectivity index (χ0) is 15.2. The van der Waals surface area contributed by atoms with Crippen molar-refractivity contribution in [1.82, 2.24) is 4.90 Å². The third kappa shape index (κ3) is 4.35. The van der Waals surface area contributed by atoms with Crippen molar-refractivity contribution in [3.63, 3.8) is 0 Å². The molecule has 0 aliphatic carbocycles. The largest absolute Gasteiger partial charge is 0.484 e. The van der Waals surface area contributed by atoms with Gasteiger partial charge in [-0.15, -0.1) is 0 Å². The molecule has 1 amide bonds. The number of hydrogen-bond donors (Lipinski definition) is 1. The van der Waals surface area contributed by atoms with Gasteiger partial charge in [0.25, 0.3) is 5.91 Å². The minimum absolute atomic E-state index is 0.0167. The fourth-order valence-corrected chi connectivity index (χ4v) is 2.84. The maximum atomic E-state index is 12.3. The van der Waals surface area contributed by atoms with Crippen LogP contribution in [0, 0.1) is 6.92 Å². The van der Waals surface area contributed by atoms with E-state index in [-0.39, 0.29) is 25.2 Å². The van der Waals surface area contributed by atoms with Crippen molar-refractivity contribution in [3.8, 4) is 5.75 Å². The summed E-state index contributed by atoms with van der Waals surface area (Å²) in [6.45, 7) is 2.93. The van der Waals surface area contributed by atoms with Crippen molar-refractivity contribution in [2.45, 2.75) is 38.6 Å². The summed E-state index contributed by atoms with van der Waals surface area (Å²) in [7, 11) is 0. The van der Waals surface area contributed by atoms with Crippen LogP contribution in [-0.4, -0.2) is 41.7 Å². The summed E-state index contributed by atoms with van der Waals surface area (Å²) in [6, 6.07) is 5.63. The van der Waals surface area contributed by atoms with Gasteiger partial charge in [-0.05, 0) is 56.4 Å². The molecule has 1 aromatic carbocycles. The van der Waals surface area contributed by atoms with E-state index in [0.29, 0.717) is 10.8 Å². The zero-order valence-corrected chi connectivity index (χ0v) is 13.1. The number of likely N-dealkylation sites (tertiary alicyclic amines) is 1. The first-order valence-electron chi connectivity index (χ1n) is 7.41. The van der Waals surface area contributed by atoms with Gasteiger partial charge in [-0.25, -0.2) is 0 Å². The Morgan fingerprint density at radius 3 is 3.05 bits per heavy atom. The van der Waals surface area contributed by atoms with E-state index in [9.17, 15) is 4.79 Å². The average Bonchev–Trinajstić information content (AvgIpc) is 2.94. The lowest BCUT2D eigenvalue weighted by Crippen LogP contribution is -2.38. The summed E-state index contributed by atoms with van der Waals surface area (Å²) < 4.78 is 5.57. The Bertz CT molecular complexity index is 492. The number of nitrogens with zero attached hydrogens (tertiary/aromatic N) is 1. The van der Waals surface area contributed by atoms with Crippen LogP contribution in [-0.2, 0) is 4.79 Å². The molecular formula is C16H22ClNO3. The van der Waals surface area contributed by atoms with Crippen molar-refractivity contribution in [2.24, 2.45) is 0 Å². The molecule has 1 aromatic rings. The van der Waals surface area contributed by atoms with Crippen LogP contribution in [0.15, 0.2) is 18.2 Å². The van der Waals surface area contributed by atoms with Crippen molar-refractivity contribution in [1.29, 1.82) is 0 Å². The third-order valence-corrected chi connectivity index (χ3v) is 4.31. The molecular weight excluding hydrogens is 290 g/mol. The first kappa shape index (κ1) is 16.1. The number of carbonyl (C=O) groups excluding carboxylic acids is 1. The van der Waals surface area contributed by atoms with Gasteiger partial charge < -0.3 is 14.7 Å². The van der Waals surface area contributed by atoms with Gasteiger partial charge in [0.15, 0.2) is 6.61 Å². The molecule has 21 heavy (non-hydrogen) atoms. The monoisotopic (exact) mass is 311 g/mol. The van der Waals surface area contributed by atoms with Crippen LogP contribution >= 0.6 is 11.6 Å². The third-order valence-electron chi connectivity index (χ3n) is 3.88. The summed E-state index contributed by atoms with van der Waals surface area (Å²) in [5.74, 6) is 0.680. The molecule has 1 atom stereocenters. The Hall–Kier alpha value is -1.26. The molecule has 0 spiro atoms. The van der Waals surface area contributed by atoms with E-state index >= 15 is 0 Å². The number of amides is 1. The van der Waals surface area contributed by atoms with Gasteiger partial charge in [0.1, 0.15) is 5.75 Å². The summed E-state index contributed by atoms with van der Waals surface area (Å²) >= 11 is 5.96. The number of ether oxygens (including phenoxy) is 1. The van der Waals surface area contributed by atoms with E-state index in [1.54, 1.807) is 12.1 Å². The summed E-state index contributed by atoms with van der Waals surface area (Å²) in [6.07, 6.45) is 3.65. The number of benzene rings is 1. The molecule has 1 aliphatic heterocycles. The van der Waals surface area contributed by atoms with Crippen molar-refractivity contribution < 1.29 is 14.6 Å². The smallest absolute Gasteiger partial charge is 0.260 e. The van der Waals surface area contributed by atoms with Crippen LogP contribution in [0.25, 0.3) is 0 Å². The lowest BCUT2D eigenvalue weighted by Gasteiger charge is -2.24. The molecule has 5 heteroatoms. The van der Waals surface area contributed by atoms with E-state index in [1.165, 1.54) is 0 Å². The molecule has 1 heterocycles. The van der Waals surface area contributed by atoms with E-state index in [0.717, 1.165) is 37.8 Å². The Balaban J connectivity index is 1.87. The van der Waals surface area contributed by atoms with E-state index in [4.69, 9.17) is 21.4 Å². The predicted molar refractivity (Wildman–Crippen MR) is 82.7 cm³/mol. The number of hydrogen-bond acceptors (Lipinski definition) is 3. The van der Waals surface area contributed by atoms with Crippen LogP contribution in [0.2, 0.25) is 5.02 Å². The quantitative estimate of drug-likeness (QED) is 0.879. The average molecular weight is 312 g/mol. The predicted octanol–water partition coefficient (Wildman–Crippen LogP) is 2.79. The molecule has 1 unspecified atom stereocenters. The standard InChI is InChI=1S/C16H22ClNO3/c1-12-10-14(6-7-15(12)17)21-11-16(20)18-8-2-4-13(18)5-3-9-19/h6-7,10,13,19H,2-5,8-9,11H2,1H3. The highest BCUT2D eigenvalue weighted by Crippen LogP contribution is 2.23. The van der Waals surface area contributed by atoms with Gasteiger partial charge in [-0.3, -0.25) is 4.79 Å². The minimum Gasteiger partial charge on any atom is -0.484 e. The van der Waals surface area contributed by atoms with Gasteiger partial charge >= 0.3 is 0 Å². The first-order valence-corrected chi connectivity index (χ1v) is 7.79. The number of carbonyl (C=O) groups is 1. The zero-order valence-electron chi connectivity index (χ0n) is 12.3. The molecule has 0 aromatic heterocycles.